The number of nitrogens with zero attached hydrogens (tertiary/aromatic N) is 3. The fourth-order valence-corrected chi connectivity index (χ4v) is 1.89. The van der Waals surface area contributed by atoms with Crippen LogP contribution in [0.3, 0.4) is 0 Å². The van der Waals surface area contributed by atoms with Crippen molar-refractivity contribution in [2.75, 3.05) is 14.1 Å². The molecule has 2 aromatic heterocycles. The summed E-state index contributed by atoms with van der Waals surface area (Å²) in [6.45, 7) is 0. The second-order valence-corrected chi connectivity index (χ2v) is 4.11. The van der Waals surface area contributed by atoms with Crippen molar-refractivity contribution in [2.24, 2.45) is 0 Å². The SMILES string of the molecule is CN(C)C(=O)c1cnc2sccn2c1=O. The van der Waals surface area contributed by atoms with E-state index in [1.54, 1.807) is 25.7 Å². The minimum Gasteiger partial charge on any atom is -0.345 e. The van der Waals surface area contributed by atoms with Crippen molar-refractivity contribution in [2.45, 2.75) is 0 Å². The summed E-state index contributed by atoms with van der Waals surface area (Å²) < 4.78 is 1.38. The molecular weight excluding hydrogens is 214 g/mol. The van der Waals surface area contributed by atoms with Crippen molar-refractivity contribution in [1.82, 2.24) is 14.3 Å². The van der Waals surface area contributed by atoms with Crippen molar-refractivity contribution >= 4 is 22.2 Å². The van der Waals surface area contributed by atoms with E-state index < -0.39 is 0 Å². The third kappa shape index (κ3) is 1.52. The molecule has 0 aliphatic carbocycles. The molecule has 6 heteroatoms. The monoisotopic (exact) mass is 223 g/mol. The Morgan fingerprint density at radius 2 is 2.27 bits per heavy atom. The van der Waals surface area contributed by atoms with E-state index in [1.165, 1.54) is 26.8 Å². The summed E-state index contributed by atoms with van der Waals surface area (Å²) in [7, 11) is 3.20. The predicted octanol–water partition coefficient (Wildman–Crippen LogP) is 0.458. The first kappa shape index (κ1) is 9.85. The van der Waals surface area contributed by atoms with Crippen LogP contribution in [0.25, 0.3) is 4.96 Å². The summed E-state index contributed by atoms with van der Waals surface area (Å²) in [5.41, 5.74) is -0.226. The molecule has 5 nitrogen and oxygen atoms in total. The summed E-state index contributed by atoms with van der Waals surface area (Å²) >= 11 is 1.36. The minimum absolute atomic E-state index is 0.0934. The van der Waals surface area contributed by atoms with Crippen molar-refractivity contribution in [3.8, 4) is 0 Å². The normalized spacial score (nSPS) is 10.5. The van der Waals surface area contributed by atoms with Gasteiger partial charge in [0.15, 0.2) is 4.96 Å². The highest BCUT2D eigenvalue weighted by Gasteiger charge is 2.14. The maximum absolute atomic E-state index is 11.8. The fourth-order valence-electron chi connectivity index (χ4n) is 1.21. The van der Waals surface area contributed by atoms with E-state index in [-0.39, 0.29) is 17.0 Å². The molecule has 0 aliphatic rings. The molecule has 0 fully saturated rings. The van der Waals surface area contributed by atoms with E-state index in [0.29, 0.717) is 4.96 Å². The molecule has 0 aromatic carbocycles. The summed E-state index contributed by atoms with van der Waals surface area (Å²) in [4.78, 5) is 29.4. The number of carbonyl (C=O) groups is 1. The third-order valence-electron chi connectivity index (χ3n) is 1.98. The average molecular weight is 223 g/mol. The lowest BCUT2D eigenvalue weighted by molar-refractivity contribution is 0.0825. The average Bonchev–Trinajstić information content (AvgIpc) is 2.66. The van der Waals surface area contributed by atoms with E-state index in [4.69, 9.17) is 0 Å². The zero-order valence-corrected chi connectivity index (χ0v) is 9.11. The lowest BCUT2D eigenvalue weighted by atomic mass is 10.3. The molecule has 0 bridgehead atoms. The summed E-state index contributed by atoms with van der Waals surface area (Å²) in [5, 5.41) is 1.76. The van der Waals surface area contributed by atoms with Gasteiger partial charge in [-0.05, 0) is 0 Å². The summed E-state index contributed by atoms with van der Waals surface area (Å²) in [5.74, 6) is -0.326. The van der Waals surface area contributed by atoms with Crippen molar-refractivity contribution in [1.29, 1.82) is 0 Å². The first-order chi connectivity index (χ1) is 7.11. The van der Waals surface area contributed by atoms with Gasteiger partial charge in [-0.1, -0.05) is 0 Å². The van der Waals surface area contributed by atoms with Gasteiger partial charge < -0.3 is 4.90 Å². The first-order valence-electron chi connectivity index (χ1n) is 4.28. The van der Waals surface area contributed by atoms with Gasteiger partial charge >= 0.3 is 0 Å². The van der Waals surface area contributed by atoms with Crippen LogP contribution in [0, 0.1) is 0 Å². The van der Waals surface area contributed by atoms with Gasteiger partial charge in [0.1, 0.15) is 5.56 Å². The molecule has 0 atom stereocenters. The van der Waals surface area contributed by atoms with E-state index in [9.17, 15) is 9.59 Å². The molecule has 2 rings (SSSR count). The number of fused-ring (bicyclic) bond motifs is 1. The number of hydrogen-bond donors (Lipinski definition) is 0. The van der Waals surface area contributed by atoms with Gasteiger partial charge in [0.25, 0.3) is 11.5 Å². The van der Waals surface area contributed by atoms with E-state index >= 15 is 0 Å². The number of thiazole rings is 1. The largest absolute Gasteiger partial charge is 0.345 e. The number of aromatic nitrogens is 2. The maximum Gasteiger partial charge on any atom is 0.271 e. The lowest BCUT2D eigenvalue weighted by Crippen LogP contribution is -2.30. The van der Waals surface area contributed by atoms with Crippen LogP contribution in [0.1, 0.15) is 10.4 Å². The molecule has 0 N–H and O–H groups in total. The van der Waals surface area contributed by atoms with E-state index in [2.05, 4.69) is 4.98 Å². The van der Waals surface area contributed by atoms with Crippen LogP contribution in [-0.4, -0.2) is 34.3 Å². The molecule has 1 amide bonds. The predicted molar refractivity (Wildman–Crippen MR) is 57.4 cm³/mol. The second kappa shape index (κ2) is 3.47. The third-order valence-corrected chi connectivity index (χ3v) is 2.75. The smallest absolute Gasteiger partial charge is 0.271 e. The first-order valence-corrected chi connectivity index (χ1v) is 5.15. The van der Waals surface area contributed by atoms with Crippen LogP contribution < -0.4 is 5.56 Å². The Labute approximate surface area is 89.6 Å². The highest BCUT2D eigenvalue weighted by atomic mass is 32.1. The van der Waals surface area contributed by atoms with Crippen LogP contribution in [0.5, 0.6) is 0 Å². The van der Waals surface area contributed by atoms with Crippen LogP contribution in [0.15, 0.2) is 22.6 Å². The molecule has 0 aliphatic heterocycles. The summed E-state index contributed by atoms with van der Waals surface area (Å²) in [6, 6.07) is 0. The molecular formula is C9H9N3O2S. The van der Waals surface area contributed by atoms with Gasteiger partial charge in [0.05, 0.1) is 0 Å². The fraction of sp³-hybridized carbons (Fsp3) is 0.222. The minimum atomic E-state index is -0.326. The molecule has 0 saturated heterocycles. The van der Waals surface area contributed by atoms with Crippen LogP contribution >= 0.6 is 11.3 Å². The Morgan fingerprint density at radius 1 is 1.53 bits per heavy atom. The topological polar surface area (TPSA) is 54.7 Å². The Kier molecular flexibility index (Phi) is 2.28. The highest BCUT2D eigenvalue weighted by molar-refractivity contribution is 7.15. The zero-order valence-electron chi connectivity index (χ0n) is 8.30. The van der Waals surface area contributed by atoms with Crippen molar-refractivity contribution in [3.63, 3.8) is 0 Å². The van der Waals surface area contributed by atoms with Crippen LogP contribution in [-0.2, 0) is 0 Å². The quantitative estimate of drug-likeness (QED) is 0.705. The van der Waals surface area contributed by atoms with E-state index in [1.807, 2.05) is 0 Å². The number of amides is 1. The second-order valence-electron chi connectivity index (χ2n) is 3.23. The molecule has 0 spiro atoms. The maximum atomic E-state index is 11.8. The Bertz CT molecular complexity index is 570. The summed E-state index contributed by atoms with van der Waals surface area (Å²) in [6.07, 6.45) is 2.94. The molecule has 0 saturated carbocycles. The van der Waals surface area contributed by atoms with Crippen LogP contribution in [0.4, 0.5) is 0 Å². The zero-order chi connectivity index (χ0) is 11.0. The lowest BCUT2D eigenvalue weighted by Gasteiger charge is -2.08. The van der Waals surface area contributed by atoms with Gasteiger partial charge in [-0.25, -0.2) is 4.98 Å². The van der Waals surface area contributed by atoms with Crippen molar-refractivity contribution < 1.29 is 4.79 Å². The van der Waals surface area contributed by atoms with Gasteiger partial charge in [0.2, 0.25) is 0 Å². The number of hydrogen-bond acceptors (Lipinski definition) is 4. The molecule has 2 aromatic rings. The van der Waals surface area contributed by atoms with Gasteiger partial charge in [-0.2, -0.15) is 0 Å². The van der Waals surface area contributed by atoms with Gasteiger partial charge in [-0.15, -0.1) is 11.3 Å². The molecule has 0 radical (unpaired) electrons. The Hall–Kier alpha value is -1.69. The van der Waals surface area contributed by atoms with Crippen LogP contribution in [0.2, 0.25) is 0 Å². The van der Waals surface area contributed by atoms with Gasteiger partial charge in [-0.3, -0.25) is 14.0 Å². The molecule has 0 unspecified atom stereocenters. The van der Waals surface area contributed by atoms with Crippen molar-refractivity contribution in [3.05, 3.63) is 33.7 Å². The standard InChI is InChI=1S/C9H9N3O2S/c1-11(2)7(13)6-5-10-9-12(8(6)14)3-4-15-9/h3-5H,1-2H3. The molecule has 78 valence electrons. The Balaban J connectivity index is 2.68. The number of carbonyl (C=O) groups excluding carboxylic acids is 1. The molecule has 2 heterocycles. The highest BCUT2D eigenvalue weighted by Crippen LogP contribution is 2.06. The van der Waals surface area contributed by atoms with E-state index in [0.717, 1.165) is 0 Å². The number of rotatable bonds is 1. The Morgan fingerprint density at radius 3 is 2.93 bits per heavy atom. The van der Waals surface area contributed by atoms with Gasteiger partial charge in [0, 0.05) is 31.9 Å². The molecule has 15 heavy (non-hydrogen) atoms.